The summed E-state index contributed by atoms with van der Waals surface area (Å²) in [6.07, 6.45) is 2.79. The van der Waals surface area contributed by atoms with Gasteiger partial charge in [-0.3, -0.25) is 0 Å². The van der Waals surface area contributed by atoms with Gasteiger partial charge in [0.15, 0.2) is 0 Å². The fourth-order valence-electron chi connectivity index (χ4n) is 2.24. The quantitative estimate of drug-likeness (QED) is 0.757. The van der Waals surface area contributed by atoms with Crippen molar-refractivity contribution in [2.45, 2.75) is 19.4 Å². The Kier molecular flexibility index (Phi) is 2.89. The Morgan fingerprint density at radius 2 is 2.22 bits per heavy atom. The van der Waals surface area contributed by atoms with Crippen LogP contribution in [-0.2, 0) is 6.42 Å². The Morgan fingerprint density at radius 3 is 3.00 bits per heavy atom. The molecule has 2 heterocycles. The van der Waals surface area contributed by atoms with E-state index in [9.17, 15) is 0 Å². The van der Waals surface area contributed by atoms with E-state index in [2.05, 4.69) is 27.5 Å². The second-order valence-electron chi connectivity index (χ2n) is 4.46. The lowest BCUT2D eigenvalue weighted by molar-refractivity contribution is 0.714. The van der Waals surface area contributed by atoms with Crippen LogP contribution in [0, 0.1) is 6.92 Å². The zero-order valence-electron chi connectivity index (χ0n) is 10.2. The van der Waals surface area contributed by atoms with Gasteiger partial charge in [-0.05, 0) is 18.6 Å². The molecule has 0 aliphatic rings. The lowest BCUT2D eigenvalue weighted by atomic mass is 10.0. The number of aromatic nitrogens is 2. The van der Waals surface area contributed by atoms with Gasteiger partial charge < -0.3 is 10.7 Å². The maximum Gasteiger partial charge on any atom is 0.0897 e. The van der Waals surface area contributed by atoms with Crippen LogP contribution < -0.4 is 5.73 Å². The Hall–Kier alpha value is -1.65. The maximum absolute atomic E-state index is 6.29. The van der Waals surface area contributed by atoms with E-state index in [1.165, 1.54) is 5.39 Å². The van der Waals surface area contributed by atoms with Gasteiger partial charge >= 0.3 is 0 Å². The molecule has 0 amide bonds. The number of hydrogen-bond acceptors (Lipinski definition) is 3. The standard InChI is InChI=1S/C14H15N3S/c1-9-17-10(8-18-9)6-13(15)12-7-16-14-5-3-2-4-11(12)14/h2-5,7-8,13,16H,6,15H2,1H3. The molecule has 2 aromatic heterocycles. The number of rotatable bonds is 3. The minimum absolute atomic E-state index is 0.0114. The third-order valence-electron chi connectivity index (χ3n) is 3.12. The molecule has 3 nitrogen and oxygen atoms in total. The van der Waals surface area contributed by atoms with Crippen LogP contribution in [0.25, 0.3) is 10.9 Å². The molecular formula is C14H15N3S. The largest absolute Gasteiger partial charge is 0.361 e. The van der Waals surface area contributed by atoms with Gasteiger partial charge in [-0.25, -0.2) is 4.98 Å². The molecule has 0 saturated carbocycles. The number of thiazole rings is 1. The molecule has 0 spiro atoms. The normalized spacial score (nSPS) is 13.0. The summed E-state index contributed by atoms with van der Waals surface area (Å²) >= 11 is 1.67. The molecule has 3 N–H and O–H groups in total. The molecule has 0 saturated heterocycles. The molecule has 0 fully saturated rings. The number of para-hydroxylation sites is 1. The van der Waals surface area contributed by atoms with Crippen LogP contribution in [0.15, 0.2) is 35.8 Å². The van der Waals surface area contributed by atoms with E-state index in [1.54, 1.807) is 11.3 Å². The van der Waals surface area contributed by atoms with Gasteiger partial charge in [0, 0.05) is 34.9 Å². The molecule has 92 valence electrons. The van der Waals surface area contributed by atoms with E-state index in [0.29, 0.717) is 0 Å². The van der Waals surface area contributed by atoms with Crippen molar-refractivity contribution in [3.63, 3.8) is 0 Å². The van der Waals surface area contributed by atoms with Crippen molar-refractivity contribution in [2.24, 2.45) is 5.73 Å². The molecule has 1 atom stereocenters. The summed E-state index contributed by atoms with van der Waals surface area (Å²) in [7, 11) is 0. The number of benzene rings is 1. The van der Waals surface area contributed by atoms with Crippen LogP contribution in [-0.4, -0.2) is 9.97 Å². The fraction of sp³-hybridized carbons (Fsp3) is 0.214. The van der Waals surface area contributed by atoms with Crippen LogP contribution in [0.3, 0.4) is 0 Å². The third kappa shape index (κ3) is 2.05. The third-order valence-corrected chi connectivity index (χ3v) is 3.94. The molecule has 0 bridgehead atoms. The number of nitrogens with zero attached hydrogens (tertiary/aromatic N) is 1. The average Bonchev–Trinajstić information content (AvgIpc) is 2.95. The topological polar surface area (TPSA) is 54.7 Å². The second-order valence-corrected chi connectivity index (χ2v) is 5.52. The highest BCUT2D eigenvalue weighted by atomic mass is 32.1. The number of fused-ring (bicyclic) bond motifs is 1. The van der Waals surface area contributed by atoms with Crippen LogP contribution in [0.2, 0.25) is 0 Å². The Balaban J connectivity index is 1.90. The van der Waals surface area contributed by atoms with E-state index in [0.717, 1.165) is 28.2 Å². The maximum atomic E-state index is 6.29. The lowest BCUT2D eigenvalue weighted by Crippen LogP contribution is -2.13. The van der Waals surface area contributed by atoms with Gasteiger partial charge in [0.2, 0.25) is 0 Å². The van der Waals surface area contributed by atoms with Crippen molar-refractivity contribution in [3.8, 4) is 0 Å². The monoisotopic (exact) mass is 257 g/mol. The summed E-state index contributed by atoms with van der Waals surface area (Å²) in [5, 5.41) is 4.39. The summed E-state index contributed by atoms with van der Waals surface area (Å²) in [4.78, 5) is 7.73. The first kappa shape index (κ1) is 11.4. The first-order valence-electron chi connectivity index (χ1n) is 5.96. The van der Waals surface area contributed by atoms with Gasteiger partial charge in [-0.2, -0.15) is 0 Å². The molecule has 18 heavy (non-hydrogen) atoms. The molecule has 3 rings (SSSR count). The van der Waals surface area contributed by atoms with E-state index in [-0.39, 0.29) is 6.04 Å². The Morgan fingerprint density at radius 1 is 1.39 bits per heavy atom. The molecule has 0 aliphatic carbocycles. The predicted molar refractivity (Wildman–Crippen MR) is 75.8 cm³/mol. The minimum Gasteiger partial charge on any atom is -0.361 e. The molecule has 0 radical (unpaired) electrons. The van der Waals surface area contributed by atoms with E-state index >= 15 is 0 Å². The SMILES string of the molecule is Cc1nc(CC(N)c2c[nH]c3ccccc23)cs1. The highest BCUT2D eigenvalue weighted by Gasteiger charge is 2.13. The van der Waals surface area contributed by atoms with Crippen molar-refractivity contribution >= 4 is 22.2 Å². The summed E-state index contributed by atoms with van der Waals surface area (Å²) in [5.41, 5.74) is 9.67. The van der Waals surface area contributed by atoms with E-state index in [1.807, 2.05) is 25.3 Å². The zero-order chi connectivity index (χ0) is 12.5. The first-order valence-corrected chi connectivity index (χ1v) is 6.84. The number of aromatic amines is 1. The van der Waals surface area contributed by atoms with Crippen molar-refractivity contribution in [2.75, 3.05) is 0 Å². The zero-order valence-corrected chi connectivity index (χ0v) is 11.0. The summed E-state index contributed by atoms with van der Waals surface area (Å²) < 4.78 is 0. The van der Waals surface area contributed by atoms with Crippen molar-refractivity contribution in [1.29, 1.82) is 0 Å². The summed E-state index contributed by atoms with van der Waals surface area (Å²) in [5.74, 6) is 0. The average molecular weight is 257 g/mol. The predicted octanol–water partition coefficient (Wildman–Crippen LogP) is 3.18. The van der Waals surface area contributed by atoms with Crippen molar-refractivity contribution in [1.82, 2.24) is 9.97 Å². The van der Waals surface area contributed by atoms with Gasteiger partial charge in [-0.15, -0.1) is 11.3 Å². The van der Waals surface area contributed by atoms with Crippen molar-refractivity contribution < 1.29 is 0 Å². The minimum atomic E-state index is -0.0114. The number of nitrogens with two attached hydrogens (primary N) is 1. The van der Waals surface area contributed by atoms with Gasteiger partial charge in [0.25, 0.3) is 0 Å². The van der Waals surface area contributed by atoms with Crippen LogP contribution in [0.1, 0.15) is 22.3 Å². The van der Waals surface area contributed by atoms with Gasteiger partial charge in [0.1, 0.15) is 0 Å². The summed E-state index contributed by atoms with van der Waals surface area (Å²) in [6, 6.07) is 8.23. The van der Waals surface area contributed by atoms with E-state index < -0.39 is 0 Å². The molecule has 0 aliphatic heterocycles. The van der Waals surface area contributed by atoms with Gasteiger partial charge in [-0.1, -0.05) is 18.2 Å². The molecule has 3 aromatic rings. The first-order chi connectivity index (χ1) is 8.74. The van der Waals surface area contributed by atoms with Crippen LogP contribution in [0.4, 0.5) is 0 Å². The van der Waals surface area contributed by atoms with Gasteiger partial charge in [0.05, 0.1) is 10.7 Å². The van der Waals surface area contributed by atoms with Crippen molar-refractivity contribution in [3.05, 3.63) is 52.1 Å². The Bertz CT molecular complexity index is 668. The van der Waals surface area contributed by atoms with E-state index in [4.69, 9.17) is 5.73 Å². The number of aryl methyl sites for hydroxylation is 1. The van der Waals surface area contributed by atoms with Crippen LogP contribution in [0.5, 0.6) is 0 Å². The molecule has 1 aromatic carbocycles. The number of nitrogens with one attached hydrogen (secondary N) is 1. The van der Waals surface area contributed by atoms with Crippen LogP contribution >= 0.6 is 11.3 Å². The smallest absolute Gasteiger partial charge is 0.0897 e. The number of H-pyrrole nitrogens is 1. The second kappa shape index (κ2) is 4.55. The lowest BCUT2D eigenvalue weighted by Gasteiger charge is -2.08. The number of hydrogen-bond donors (Lipinski definition) is 2. The molecule has 4 heteroatoms. The highest BCUT2D eigenvalue weighted by molar-refractivity contribution is 7.09. The fourth-order valence-corrected chi connectivity index (χ4v) is 2.86. The highest BCUT2D eigenvalue weighted by Crippen LogP contribution is 2.25. The molecule has 1 unspecified atom stereocenters. The summed E-state index contributed by atoms with van der Waals surface area (Å²) in [6.45, 7) is 2.02. The molecular weight excluding hydrogens is 242 g/mol. The Labute approximate surface area is 110 Å².